The zero-order valence-corrected chi connectivity index (χ0v) is 13.3. The van der Waals surface area contributed by atoms with Gasteiger partial charge in [0, 0.05) is 18.0 Å². The average Bonchev–Trinajstić information content (AvgIpc) is 2.80. The van der Waals surface area contributed by atoms with Crippen LogP contribution in [0.3, 0.4) is 0 Å². The number of hydrogen-bond donors (Lipinski definition) is 2. The van der Waals surface area contributed by atoms with E-state index in [2.05, 4.69) is 26.6 Å². The number of carbonyl (C=O) groups excluding carboxylic acids is 2. The molecule has 0 saturated carbocycles. The monoisotopic (exact) mass is 348 g/mol. The van der Waals surface area contributed by atoms with Crippen LogP contribution in [0.5, 0.6) is 0 Å². The van der Waals surface area contributed by atoms with Gasteiger partial charge >= 0.3 is 6.09 Å². The summed E-state index contributed by atoms with van der Waals surface area (Å²) in [5, 5.41) is 5.31. The molecule has 0 bridgehead atoms. The van der Waals surface area contributed by atoms with Gasteiger partial charge < -0.3 is 15.4 Å². The number of amides is 2. The fourth-order valence-electron chi connectivity index (χ4n) is 1.38. The van der Waals surface area contributed by atoms with Gasteiger partial charge in [-0.05, 0) is 41.9 Å². The minimum atomic E-state index is -0.466. The van der Waals surface area contributed by atoms with E-state index in [4.69, 9.17) is 4.74 Å². The van der Waals surface area contributed by atoms with Gasteiger partial charge in [-0.3, -0.25) is 4.79 Å². The van der Waals surface area contributed by atoms with Gasteiger partial charge in [0.2, 0.25) is 5.91 Å². The van der Waals surface area contributed by atoms with E-state index in [-0.39, 0.29) is 11.8 Å². The molecule has 0 spiro atoms. The first kappa shape index (κ1) is 16.0. The maximum absolute atomic E-state index is 11.9. The van der Waals surface area contributed by atoms with Crippen molar-refractivity contribution in [1.29, 1.82) is 0 Å². The molecule has 1 atom stereocenters. The van der Waals surface area contributed by atoms with E-state index in [1.54, 1.807) is 18.3 Å². The van der Waals surface area contributed by atoms with Gasteiger partial charge in [-0.2, -0.15) is 0 Å². The lowest BCUT2D eigenvalue weighted by atomic mass is 10.1. The van der Waals surface area contributed by atoms with Crippen LogP contribution in [0.25, 0.3) is 0 Å². The number of nitrogens with one attached hydrogen (secondary N) is 2. The lowest BCUT2D eigenvalue weighted by Crippen LogP contribution is -2.36. The Hall–Kier alpha value is -1.08. The molecule has 0 aliphatic rings. The third kappa shape index (κ3) is 5.61. The Morgan fingerprint density at radius 3 is 2.63 bits per heavy atom. The van der Waals surface area contributed by atoms with Gasteiger partial charge in [0.15, 0.2) is 0 Å². The maximum Gasteiger partial charge on any atom is 0.407 e. The normalized spacial score (nSPS) is 11.7. The number of carbonyl (C=O) groups is 2. The van der Waals surface area contributed by atoms with Crippen LogP contribution in [0, 0.1) is 0 Å². The minimum absolute atomic E-state index is 0.0555. The van der Waals surface area contributed by atoms with Crippen LogP contribution in [0.15, 0.2) is 15.9 Å². The minimum Gasteiger partial charge on any atom is -0.450 e. The highest BCUT2D eigenvalue weighted by Gasteiger charge is 2.16. The first-order valence-electron chi connectivity index (χ1n) is 5.98. The Balaban J connectivity index is 2.26. The second-order valence-electron chi connectivity index (χ2n) is 3.80. The quantitative estimate of drug-likeness (QED) is 0.776. The molecule has 0 radical (unpaired) electrons. The molecule has 7 heteroatoms. The fraction of sp³-hybridized carbons (Fsp3) is 0.500. The van der Waals surface area contributed by atoms with Crippen molar-refractivity contribution >= 4 is 39.3 Å². The summed E-state index contributed by atoms with van der Waals surface area (Å²) in [6, 6.07) is 3.85. The summed E-state index contributed by atoms with van der Waals surface area (Å²) >= 11 is 4.91. The molecule has 0 aromatic carbocycles. The van der Waals surface area contributed by atoms with Crippen LogP contribution < -0.4 is 10.6 Å². The largest absolute Gasteiger partial charge is 0.450 e. The molecule has 0 saturated heterocycles. The van der Waals surface area contributed by atoms with E-state index in [9.17, 15) is 9.59 Å². The van der Waals surface area contributed by atoms with Crippen molar-refractivity contribution in [2.24, 2.45) is 0 Å². The summed E-state index contributed by atoms with van der Waals surface area (Å²) in [6.07, 6.45) is -0.466. The lowest BCUT2D eigenvalue weighted by molar-refractivity contribution is -0.122. The summed E-state index contributed by atoms with van der Waals surface area (Å²) in [5.41, 5.74) is 0. The topological polar surface area (TPSA) is 67.4 Å². The molecule has 0 fully saturated rings. The number of alkyl carbamates (subject to hydrolysis) is 1. The summed E-state index contributed by atoms with van der Waals surface area (Å²) in [4.78, 5) is 23.9. The van der Waals surface area contributed by atoms with Crippen molar-refractivity contribution in [3.63, 3.8) is 0 Å². The zero-order valence-electron chi connectivity index (χ0n) is 10.9. The zero-order chi connectivity index (χ0) is 14.3. The molecule has 1 aromatic heterocycles. The van der Waals surface area contributed by atoms with E-state index < -0.39 is 6.09 Å². The van der Waals surface area contributed by atoms with Gasteiger partial charge in [0.1, 0.15) is 0 Å². The highest BCUT2D eigenvalue weighted by Crippen LogP contribution is 2.28. The number of rotatable bonds is 6. The molecule has 19 heavy (non-hydrogen) atoms. The van der Waals surface area contributed by atoms with Crippen LogP contribution in [0.4, 0.5) is 4.79 Å². The van der Waals surface area contributed by atoms with Crippen molar-refractivity contribution in [2.45, 2.75) is 19.8 Å². The number of halogens is 1. The Bertz CT molecular complexity index is 436. The molecule has 2 amide bonds. The SMILES string of the molecule is CCOC(=O)NCCNC(=O)C(C)c1ccc(Br)s1. The fourth-order valence-corrected chi connectivity index (χ4v) is 2.85. The molecule has 1 heterocycles. The van der Waals surface area contributed by atoms with Crippen molar-refractivity contribution in [3.8, 4) is 0 Å². The first-order chi connectivity index (χ1) is 9.04. The third-order valence-electron chi connectivity index (χ3n) is 2.38. The molecule has 1 aromatic rings. The average molecular weight is 349 g/mol. The molecule has 5 nitrogen and oxygen atoms in total. The van der Waals surface area contributed by atoms with Gasteiger partial charge in [-0.25, -0.2) is 4.79 Å². The third-order valence-corrected chi connectivity index (χ3v) is 4.19. The predicted octanol–water partition coefficient (Wildman–Crippen LogP) is 2.48. The molecule has 0 aliphatic heterocycles. The molecule has 106 valence electrons. The van der Waals surface area contributed by atoms with Gasteiger partial charge in [0.05, 0.1) is 16.3 Å². The summed E-state index contributed by atoms with van der Waals surface area (Å²) in [6.45, 7) is 4.66. The Kier molecular flexibility index (Phi) is 6.86. The molecule has 2 N–H and O–H groups in total. The highest BCUT2D eigenvalue weighted by molar-refractivity contribution is 9.11. The van der Waals surface area contributed by atoms with Crippen LogP contribution in [-0.2, 0) is 9.53 Å². The smallest absolute Gasteiger partial charge is 0.407 e. The number of ether oxygens (including phenoxy) is 1. The Morgan fingerprint density at radius 2 is 2.05 bits per heavy atom. The standard InChI is InChI=1S/C12H17BrN2O3S/c1-3-18-12(17)15-7-6-14-11(16)8(2)9-4-5-10(13)19-9/h4-5,8H,3,6-7H2,1-2H3,(H,14,16)(H,15,17). The molecule has 0 aliphatic carbocycles. The second kappa shape index (κ2) is 8.16. The second-order valence-corrected chi connectivity index (χ2v) is 6.30. The maximum atomic E-state index is 11.9. The van der Waals surface area contributed by atoms with Crippen molar-refractivity contribution in [1.82, 2.24) is 10.6 Å². The van der Waals surface area contributed by atoms with Crippen molar-refractivity contribution in [2.75, 3.05) is 19.7 Å². The molecule has 1 unspecified atom stereocenters. The number of hydrogen-bond acceptors (Lipinski definition) is 4. The Labute approximate surface area is 124 Å². The van der Waals surface area contributed by atoms with Crippen molar-refractivity contribution < 1.29 is 14.3 Å². The summed E-state index contributed by atoms with van der Waals surface area (Å²) in [7, 11) is 0. The van der Waals surface area contributed by atoms with E-state index in [1.807, 2.05) is 19.1 Å². The van der Waals surface area contributed by atoms with E-state index in [0.717, 1.165) is 8.66 Å². The Morgan fingerprint density at radius 1 is 1.37 bits per heavy atom. The van der Waals surface area contributed by atoms with E-state index in [1.165, 1.54) is 0 Å². The van der Waals surface area contributed by atoms with E-state index in [0.29, 0.717) is 19.7 Å². The summed E-state index contributed by atoms with van der Waals surface area (Å²) < 4.78 is 5.71. The van der Waals surface area contributed by atoms with Crippen LogP contribution in [-0.4, -0.2) is 31.7 Å². The molecular weight excluding hydrogens is 332 g/mol. The predicted molar refractivity (Wildman–Crippen MR) is 78.5 cm³/mol. The lowest BCUT2D eigenvalue weighted by Gasteiger charge is -2.11. The first-order valence-corrected chi connectivity index (χ1v) is 7.59. The molecule has 1 rings (SSSR count). The van der Waals surface area contributed by atoms with Crippen molar-refractivity contribution in [3.05, 3.63) is 20.8 Å². The van der Waals surface area contributed by atoms with Crippen LogP contribution in [0.1, 0.15) is 24.6 Å². The highest BCUT2D eigenvalue weighted by atomic mass is 79.9. The summed E-state index contributed by atoms with van der Waals surface area (Å²) in [5.74, 6) is -0.251. The van der Waals surface area contributed by atoms with Gasteiger partial charge in [-0.15, -0.1) is 11.3 Å². The number of thiophene rings is 1. The van der Waals surface area contributed by atoms with Crippen LogP contribution in [0.2, 0.25) is 0 Å². The van der Waals surface area contributed by atoms with E-state index >= 15 is 0 Å². The van der Waals surface area contributed by atoms with Gasteiger partial charge in [0.25, 0.3) is 0 Å². The van der Waals surface area contributed by atoms with Gasteiger partial charge in [-0.1, -0.05) is 0 Å². The molecular formula is C12H17BrN2O3S. The van der Waals surface area contributed by atoms with Crippen LogP contribution >= 0.6 is 27.3 Å².